The van der Waals surface area contributed by atoms with E-state index >= 15 is 0 Å². The molecule has 3 N–H and O–H groups in total. The maximum absolute atomic E-state index is 11.2. The lowest BCUT2D eigenvalue weighted by Crippen LogP contribution is -2.51. The molecule has 0 fully saturated rings. The Bertz CT molecular complexity index is 373. The molecular weight excluding hydrogens is 224 g/mol. The zero-order valence-electron chi connectivity index (χ0n) is 11.6. The molecule has 100 valence electrons. The Labute approximate surface area is 110 Å². The topological polar surface area (TPSA) is 55.1 Å². The number of nitrogens with two attached hydrogens (primary N) is 1. The molecule has 1 rings (SSSR count). The molecule has 0 aliphatic carbocycles. The maximum atomic E-state index is 11.2. The second kappa shape index (κ2) is 6.55. The van der Waals surface area contributed by atoms with Crippen LogP contribution in [0.1, 0.15) is 39.2 Å². The molecule has 18 heavy (non-hydrogen) atoms. The fourth-order valence-corrected chi connectivity index (χ4v) is 2.02. The van der Waals surface area contributed by atoms with Gasteiger partial charge in [-0.15, -0.1) is 0 Å². The van der Waals surface area contributed by atoms with E-state index in [9.17, 15) is 4.79 Å². The molecule has 0 bridgehead atoms. The van der Waals surface area contributed by atoms with Crippen molar-refractivity contribution in [2.24, 2.45) is 5.73 Å². The molecule has 3 nitrogen and oxygen atoms in total. The molecule has 3 heteroatoms. The minimum absolute atomic E-state index is 0.0917. The highest BCUT2D eigenvalue weighted by Gasteiger charge is 2.23. The van der Waals surface area contributed by atoms with Crippen LogP contribution >= 0.6 is 0 Å². The molecule has 0 saturated carbocycles. The number of hydrogen-bond donors (Lipinski definition) is 2. The van der Waals surface area contributed by atoms with Crippen LogP contribution in [0.3, 0.4) is 0 Å². The van der Waals surface area contributed by atoms with E-state index in [0.29, 0.717) is 0 Å². The molecule has 1 aromatic carbocycles. The van der Waals surface area contributed by atoms with Crippen LogP contribution in [0.15, 0.2) is 30.3 Å². The van der Waals surface area contributed by atoms with Crippen molar-refractivity contribution >= 4 is 5.91 Å². The van der Waals surface area contributed by atoms with Gasteiger partial charge in [0, 0.05) is 5.54 Å². The molecule has 1 unspecified atom stereocenters. The van der Waals surface area contributed by atoms with Gasteiger partial charge in [0.25, 0.3) is 0 Å². The first-order chi connectivity index (χ1) is 8.44. The van der Waals surface area contributed by atoms with E-state index in [1.54, 1.807) is 0 Å². The first kappa shape index (κ1) is 14.7. The van der Waals surface area contributed by atoms with E-state index in [1.807, 2.05) is 25.1 Å². The summed E-state index contributed by atoms with van der Waals surface area (Å²) in [6, 6.07) is 10.1. The van der Waals surface area contributed by atoms with Crippen LogP contribution in [0, 0.1) is 0 Å². The quantitative estimate of drug-likeness (QED) is 0.777. The zero-order chi connectivity index (χ0) is 13.6. The molecule has 0 aliphatic rings. The van der Waals surface area contributed by atoms with Crippen molar-refractivity contribution in [1.29, 1.82) is 0 Å². The third-order valence-electron chi connectivity index (χ3n) is 3.20. The summed E-state index contributed by atoms with van der Waals surface area (Å²) in [5.74, 6) is -0.273. The van der Waals surface area contributed by atoms with Crippen molar-refractivity contribution in [2.75, 3.05) is 0 Å². The average Bonchev–Trinajstić information content (AvgIpc) is 2.35. The molecule has 0 aliphatic heterocycles. The van der Waals surface area contributed by atoms with Crippen LogP contribution in [0.2, 0.25) is 0 Å². The summed E-state index contributed by atoms with van der Waals surface area (Å²) in [4.78, 5) is 11.2. The largest absolute Gasteiger partial charge is 0.368 e. The van der Waals surface area contributed by atoms with E-state index in [2.05, 4.69) is 31.3 Å². The van der Waals surface area contributed by atoms with Gasteiger partial charge in [0.1, 0.15) is 0 Å². The minimum atomic E-state index is -0.273. The Balaban J connectivity index is 2.51. The normalized spacial score (nSPS) is 13.3. The Kier molecular flexibility index (Phi) is 5.35. The van der Waals surface area contributed by atoms with E-state index in [-0.39, 0.29) is 17.5 Å². The Hall–Kier alpha value is -1.35. The zero-order valence-corrected chi connectivity index (χ0v) is 11.6. The summed E-state index contributed by atoms with van der Waals surface area (Å²) in [7, 11) is 0. The molecule has 1 atom stereocenters. The number of carbonyl (C=O) groups is 1. The highest BCUT2D eigenvalue weighted by atomic mass is 16.1. The number of aryl methyl sites for hydroxylation is 1. The van der Waals surface area contributed by atoms with Gasteiger partial charge in [0.05, 0.1) is 6.04 Å². The number of nitrogens with one attached hydrogen (secondary N) is 1. The molecule has 0 heterocycles. The second-order valence-corrected chi connectivity index (χ2v) is 5.38. The van der Waals surface area contributed by atoms with Crippen LogP contribution in [0.25, 0.3) is 0 Å². The predicted octanol–water partition coefficient (Wildman–Crippen LogP) is 2.25. The van der Waals surface area contributed by atoms with E-state index in [1.165, 1.54) is 5.56 Å². The minimum Gasteiger partial charge on any atom is -0.368 e. The SMILES string of the molecule is CCC(NC(C)(C)CCc1ccccc1)C(N)=O. The summed E-state index contributed by atoms with van der Waals surface area (Å²) >= 11 is 0. The summed E-state index contributed by atoms with van der Waals surface area (Å²) in [5.41, 5.74) is 6.59. The first-order valence-corrected chi connectivity index (χ1v) is 6.55. The van der Waals surface area contributed by atoms with E-state index in [0.717, 1.165) is 19.3 Å². The third kappa shape index (κ3) is 4.88. The Morgan fingerprint density at radius 2 is 1.94 bits per heavy atom. The van der Waals surface area contributed by atoms with Crippen LogP contribution in [-0.4, -0.2) is 17.5 Å². The molecule has 0 spiro atoms. The van der Waals surface area contributed by atoms with Crippen molar-refractivity contribution in [2.45, 2.75) is 51.6 Å². The van der Waals surface area contributed by atoms with Gasteiger partial charge < -0.3 is 11.1 Å². The number of amides is 1. The molecule has 0 saturated heterocycles. The number of rotatable bonds is 7. The lowest BCUT2D eigenvalue weighted by atomic mass is 9.94. The molecule has 1 amide bonds. The van der Waals surface area contributed by atoms with E-state index in [4.69, 9.17) is 5.73 Å². The summed E-state index contributed by atoms with van der Waals surface area (Å²) in [6.07, 6.45) is 2.70. The van der Waals surface area contributed by atoms with Crippen LogP contribution in [0.4, 0.5) is 0 Å². The Morgan fingerprint density at radius 3 is 2.44 bits per heavy atom. The Morgan fingerprint density at radius 1 is 1.33 bits per heavy atom. The van der Waals surface area contributed by atoms with Crippen LogP contribution in [0.5, 0.6) is 0 Å². The van der Waals surface area contributed by atoms with Gasteiger partial charge in [0.2, 0.25) is 5.91 Å². The summed E-state index contributed by atoms with van der Waals surface area (Å²) < 4.78 is 0. The number of primary amides is 1. The van der Waals surface area contributed by atoms with Gasteiger partial charge in [-0.2, -0.15) is 0 Å². The van der Waals surface area contributed by atoms with Crippen molar-refractivity contribution in [3.8, 4) is 0 Å². The highest BCUT2D eigenvalue weighted by molar-refractivity contribution is 5.79. The van der Waals surface area contributed by atoms with Gasteiger partial charge in [-0.25, -0.2) is 0 Å². The third-order valence-corrected chi connectivity index (χ3v) is 3.20. The second-order valence-electron chi connectivity index (χ2n) is 5.38. The van der Waals surface area contributed by atoms with Crippen LogP contribution < -0.4 is 11.1 Å². The number of benzene rings is 1. The van der Waals surface area contributed by atoms with Crippen molar-refractivity contribution in [3.05, 3.63) is 35.9 Å². The van der Waals surface area contributed by atoms with E-state index < -0.39 is 0 Å². The maximum Gasteiger partial charge on any atom is 0.234 e. The first-order valence-electron chi connectivity index (χ1n) is 6.55. The standard InChI is InChI=1S/C15H24N2O/c1-4-13(14(16)18)17-15(2,3)11-10-12-8-6-5-7-9-12/h5-9,13,17H,4,10-11H2,1-3H3,(H2,16,18). The number of carbonyl (C=O) groups excluding carboxylic acids is 1. The molecule has 0 radical (unpaired) electrons. The van der Waals surface area contributed by atoms with Gasteiger partial charge in [-0.05, 0) is 38.7 Å². The van der Waals surface area contributed by atoms with Gasteiger partial charge >= 0.3 is 0 Å². The lowest BCUT2D eigenvalue weighted by molar-refractivity contribution is -0.120. The lowest BCUT2D eigenvalue weighted by Gasteiger charge is -2.30. The summed E-state index contributed by atoms with van der Waals surface area (Å²) in [5, 5.41) is 3.34. The van der Waals surface area contributed by atoms with Crippen molar-refractivity contribution < 1.29 is 4.79 Å². The fourth-order valence-electron chi connectivity index (χ4n) is 2.02. The van der Waals surface area contributed by atoms with Crippen molar-refractivity contribution in [1.82, 2.24) is 5.32 Å². The molecule has 0 aromatic heterocycles. The summed E-state index contributed by atoms with van der Waals surface area (Å²) in [6.45, 7) is 6.19. The smallest absolute Gasteiger partial charge is 0.234 e. The van der Waals surface area contributed by atoms with Crippen molar-refractivity contribution in [3.63, 3.8) is 0 Å². The number of hydrogen-bond acceptors (Lipinski definition) is 2. The fraction of sp³-hybridized carbons (Fsp3) is 0.533. The molecule has 1 aromatic rings. The van der Waals surface area contributed by atoms with Gasteiger partial charge in [0.15, 0.2) is 0 Å². The van der Waals surface area contributed by atoms with Crippen LogP contribution in [-0.2, 0) is 11.2 Å². The highest BCUT2D eigenvalue weighted by Crippen LogP contribution is 2.15. The monoisotopic (exact) mass is 248 g/mol. The van der Waals surface area contributed by atoms with Gasteiger partial charge in [-0.1, -0.05) is 37.3 Å². The average molecular weight is 248 g/mol. The van der Waals surface area contributed by atoms with Gasteiger partial charge in [-0.3, -0.25) is 4.79 Å². The molecular formula is C15H24N2O. The predicted molar refractivity (Wildman–Crippen MR) is 75.3 cm³/mol.